The number of hydrogen-bond donors (Lipinski definition) is 1. The van der Waals surface area contributed by atoms with Crippen molar-refractivity contribution in [2.24, 2.45) is 5.92 Å². The number of rotatable bonds is 0. The molecule has 0 fully saturated rings. The van der Waals surface area contributed by atoms with Crippen LogP contribution in [-0.2, 0) is 6.42 Å². The van der Waals surface area contributed by atoms with Crippen molar-refractivity contribution in [3.8, 4) is 0 Å². The summed E-state index contributed by atoms with van der Waals surface area (Å²) in [7, 11) is 0. The van der Waals surface area contributed by atoms with Crippen LogP contribution in [0.4, 0.5) is 10.1 Å². The summed E-state index contributed by atoms with van der Waals surface area (Å²) in [6, 6.07) is 5.21. The van der Waals surface area contributed by atoms with E-state index in [0.29, 0.717) is 5.92 Å². The largest absolute Gasteiger partial charge is 0.384 e. The van der Waals surface area contributed by atoms with Crippen LogP contribution in [0.5, 0.6) is 0 Å². The Bertz CT molecular complexity index is 296. The fourth-order valence-electron chi connectivity index (χ4n) is 1.64. The molecule has 2 heteroatoms. The van der Waals surface area contributed by atoms with Crippen LogP contribution in [0.2, 0.25) is 0 Å². The van der Waals surface area contributed by atoms with Crippen molar-refractivity contribution in [3.63, 3.8) is 0 Å². The fraction of sp³-hybridized carbons (Fsp3) is 0.400. The Morgan fingerprint density at radius 2 is 2.33 bits per heavy atom. The number of hydrogen-bond acceptors (Lipinski definition) is 1. The first-order valence-corrected chi connectivity index (χ1v) is 4.28. The monoisotopic (exact) mass is 165 g/mol. The first-order chi connectivity index (χ1) is 5.77. The molecule has 1 aliphatic rings. The van der Waals surface area contributed by atoms with Gasteiger partial charge in [-0.25, -0.2) is 4.39 Å². The quantitative estimate of drug-likeness (QED) is 0.622. The third-order valence-corrected chi connectivity index (χ3v) is 2.31. The minimum Gasteiger partial charge on any atom is -0.384 e. The summed E-state index contributed by atoms with van der Waals surface area (Å²) in [4.78, 5) is 0. The Morgan fingerprint density at radius 3 is 3.17 bits per heavy atom. The van der Waals surface area contributed by atoms with Crippen LogP contribution in [0.3, 0.4) is 0 Å². The molecule has 1 N–H and O–H groups in total. The lowest BCUT2D eigenvalue weighted by molar-refractivity contribution is 0.547. The predicted molar refractivity (Wildman–Crippen MR) is 47.8 cm³/mol. The Kier molecular flexibility index (Phi) is 1.75. The molecule has 1 aromatic rings. The van der Waals surface area contributed by atoms with E-state index in [1.54, 1.807) is 6.07 Å². The maximum atomic E-state index is 13.2. The topological polar surface area (TPSA) is 12.0 Å². The third kappa shape index (κ3) is 1.17. The summed E-state index contributed by atoms with van der Waals surface area (Å²) in [5, 5.41) is 3.21. The molecule has 0 amide bonds. The second kappa shape index (κ2) is 2.77. The van der Waals surface area contributed by atoms with Gasteiger partial charge < -0.3 is 5.32 Å². The summed E-state index contributed by atoms with van der Waals surface area (Å²) < 4.78 is 13.2. The molecular formula is C10H12FN. The standard InChI is InChI=1S/C10H12FN/c1-7-5-8-9(11)3-2-4-10(8)12-6-7/h2-4,7,12H,5-6H2,1H3. The third-order valence-electron chi connectivity index (χ3n) is 2.31. The van der Waals surface area contributed by atoms with Gasteiger partial charge in [-0.05, 0) is 24.5 Å². The van der Waals surface area contributed by atoms with E-state index in [4.69, 9.17) is 0 Å². The van der Waals surface area contributed by atoms with E-state index in [1.807, 2.05) is 6.07 Å². The average molecular weight is 165 g/mol. The van der Waals surface area contributed by atoms with Gasteiger partial charge in [0.1, 0.15) is 5.82 Å². The van der Waals surface area contributed by atoms with Crippen molar-refractivity contribution in [2.75, 3.05) is 11.9 Å². The molecule has 0 aliphatic carbocycles. The number of anilines is 1. The van der Waals surface area contributed by atoms with E-state index in [0.717, 1.165) is 24.2 Å². The minimum absolute atomic E-state index is 0.0773. The van der Waals surface area contributed by atoms with Crippen molar-refractivity contribution >= 4 is 5.69 Å². The molecule has 0 aromatic heterocycles. The lowest BCUT2D eigenvalue weighted by Crippen LogP contribution is -2.21. The molecule has 0 bridgehead atoms. The van der Waals surface area contributed by atoms with Gasteiger partial charge in [0, 0.05) is 17.8 Å². The second-order valence-electron chi connectivity index (χ2n) is 3.46. The van der Waals surface area contributed by atoms with Gasteiger partial charge in [-0.3, -0.25) is 0 Å². The molecule has 0 radical (unpaired) electrons. The van der Waals surface area contributed by atoms with Gasteiger partial charge in [0.2, 0.25) is 0 Å². The number of fused-ring (bicyclic) bond motifs is 1. The number of nitrogens with one attached hydrogen (secondary N) is 1. The van der Waals surface area contributed by atoms with Crippen LogP contribution in [0.25, 0.3) is 0 Å². The van der Waals surface area contributed by atoms with Gasteiger partial charge in [0.05, 0.1) is 0 Å². The molecule has 1 atom stereocenters. The molecule has 1 nitrogen and oxygen atoms in total. The summed E-state index contributed by atoms with van der Waals surface area (Å²) in [5.74, 6) is 0.459. The number of halogens is 1. The zero-order valence-electron chi connectivity index (χ0n) is 7.10. The first kappa shape index (κ1) is 7.59. The Morgan fingerprint density at radius 1 is 1.50 bits per heavy atom. The minimum atomic E-state index is -0.0773. The van der Waals surface area contributed by atoms with E-state index in [1.165, 1.54) is 6.07 Å². The predicted octanol–water partition coefficient (Wildman–Crippen LogP) is 2.43. The molecule has 1 aromatic carbocycles. The van der Waals surface area contributed by atoms with E-state index in [9.17, 15) is 4.39 Å². The Hall–Kier alpha value is -1.05. The fourth-order valence-corrected chi connectivity index (χ4v) is 1.64. The highest BCUT2D eigenvalue weighted by Crippen LogP contribution is 2.26. The molecule has 0 saturated carbocycles. The zero-order valence-corrected chi connectivity index (χ0v) is 7.10. The van der Waals surface area contributed by atoms with Gasteiger partial charge >= 0.3 is 0 Å². The molecule has 64 valence electrons. The van der Waals surface area contributed by atoms with E-state index < -0.39 is 0 Å². The maximum Gasteiger partial charge on any atom is 0.128 e. The van der Waals surface area contributed by atoms with Gasteiger partial charge in [0.25, 0.3) is 0 Å². The van der Waals surface area contributed by atoms with E-state index in [2.05, 4.69) is 12.2 Å². The molecule has 0 spiro atoms. The van der Waals surface area contributed by atoms with Gasteiger partial charge in [0.15, 0.2) is 0 Å². The van der Waals surface area contributed by atoms with Gasteiger partial charge in [-0.1, -0.05) is 13.0 Å². The van der Waals surface area contributed by atoms with Crippen molar-refractivity contribution in [1.82, 2.24) is 0 Å². The Labute approximate surface area is 71.6 Å². The van der Waals surface area contributed by atoms with Crippen molar-refractivity contribution in [1.29, 1.82) is 0 Å². The van der Waals surface area contributed by atoms with Crippen LogP contribution in [-0.4, -0.2) is 6.54 Å². The SMILES string of the molecule is CC1CNc2cccc(F)c2C1. The highest BCUT2D eigenvalue weighted by molar-refractivity contribution is 5.53. The smallest absolute Gasteiger partial charge is 0.128 e. The molecule has 1 aliphatic heterocycles. The molecule has 0 saturated heterocycles. The van der Waals surface area contributed by atoms with Crippen LogP contribution in [0, 0.1) is 11.7 Å². The van der Waals surface area contributed by atoms with Crippen LogP contribution in [0.15, 0.2) is 18.2 Å². The normalized spacial score (nSPS) is 21.3. The van der Waals surface area contributed by atoms with Crippen molar-refractivity contribution < 1.29 is 4.39 Å². The van der Waals surface area contributed by atoms with Crippen LogP contribution < -0.4 is 5.32 Å². The second-order valence-corrected chi connectivity index (χ2v) is 3.46. The number of benzene rings is 1. The van der Waals surface area contributed by atoms with Crippen LogP contribution >= 0.6 is 0 Å². The lowest BCUT2D eigenvalue weighted by atomic mass is 9.95. The highest BCUT2D eigenvalue weighted by Gasteiger charge is 2.16. The van der Waals surface area contributed by atoms with Crippen molar-refractivity contribution in [3.05, 3.63) is 29.6 Å². The van der Waals surface area contributed by atoms with Gasteiger partial charge in [-0.2, -0.15) is 0 Å². The van der Waals surface area contributed by atoms with E-state index >= 15 is 0 Å². The van der Waals surface area contributed by atoms with Gasteiger partial charge in [-0.15, -0.1) is 0 Å². The average Bonchev–Trinajstić information content (AvgIpc) is 2.07. The molecule has 12 heavy (non-hydrogen) atoms. The Balaban J connectivity index is 2.43. The summed E-state index contributed by atoms with van der Waals surface area (Å²) in [6.07, 6.45) is 0.856. The maximum absolute atomic E-state index is 13.2. The lowest BCUT2D eigenvalue weighted by Gasteiger charge is -2.23. The molecule has 1 heterocycles. The first-order valence-electron chi connectivity index (χ1n) is 4.28. The summed E-state index contributed by atoms with van der Waals surface area (Å²) in [5.41, 5.74) is 1.81. The summed E-state index contributed by atoms with van der Waals surface area (Å²) in [6.45, 7) is 3.08. The summed E-state index contributed by atoms with van der Waals surface area (Å²) >= 11 is 0. The zero-order chi connectivity index (χ0) is 8.55. The van der Waals surface area contributed by atoms with Crippen LogP contribution in [0.1, 0.15) is 12.5 Å². The van der Waals surface area contributed by atoms with Crippen molar-refractivity contribution in [2.45, 2.75) is 13.3 Å². The molecular weight excluding hydrogens is 153 g/mol. The van der Waals surface area contributed by atoms with E-state index in [-0.39, 0.29) is 5.82 Å². The molecule has 1 unspecified atom stereocenters. The highest BCUT2D eigenvalue weighted by atomic mass is 19.1. The molecule has 2 rings (SSSR count).